The molecule has 6 nitrogen and oxygen atoms in total. The Labute approximate surface area is 215 Å². The molecule has 0 aliphatic carbocycles. The van der Waals surface area contributed by atoms with E-state index in [4.69, 9.17) is 16.3 Å². The molecule has 1 heterocycles. The molecule has 0 spiro atoms. The van der Waals surface area contributed by atoms with Crippen molar-refractivity contribution in [3.8, 4) is 11.1 Å². The van der Waals surface area contributed by atoms with Crippen molar-refractivity contribution < 1.29 is 14.6 Å². The van der Waals surface area contributed by atoms with Crippen molar-refractivity contribution in [2.75, 3.05) is 40.4 Å². The van der Waals surface area contributed by atoms with Gasteiger partial charge in [-0.3, -0.25) is 0 Å². The molecule has 2 aromatic rings. The first kappa shape index (κ1) is 27.5. The van der Waals surface area contributed by atoms with Crippen molar-refractivity contribution in [1.82, 2.24) is 15.5 Å². The quantitative estimate of drug-likeness (QED) is 0.377. The number of nitrogens with one attached hydrogen (secondary N) is 2. The summed E-state index contributed by atoms with van der Waals surface area (Å²) in [6, 6.07) is 15.8. The van der Waals surface area contributed by atoms with Crippen LogP contribution in [0.3, 0.4) is 0 Å². The van der Waals surface area contributed by atoms with Crippen molar-refractivity contribution in [3.05, 3.63) is 59.1 Å². The summed E-state index contributed by atoms with van der Waals surface area (Å²) in [7, 11) is 3.58. The Bertz CT molecular complexity index is 939. The smallest absolute Gasteiger partial charge is 0.317 e. The topological polar surface area (TPSA) is 73.8 Å². The third-order valence-electron chi connectivity index (χ3n) is 6.97. The second-order valence-electron chi connectivity index (χ2n) is 9.62. The Morgan fingerprint density at radius 2 is 1.97 bits per heavy atom. The second-order valence-corrected chi connectivity index (χ2v) is 10.1. The molecule has 1 aliphatic heterocycles. The normalized spacial score (nSPS) is 18.7. The number of carbonyl (C=O) groups excluding carboxylic acids is 1. The van der Waals surface area contributed by atoms with Gasteiger partial charge in [0, 0.05) is 50.3 Å². The van der Waals surface area contributed by atoms with Crippen molar-refractivity contribution in [3.63, 3.8) is 0 Å². The van der Waals surface area contributed by atoms with Gasteiger partial charge in [-0.25, -0.2) is 4.79 Å². The summed E-state index contributed by atoms with van der Waals surface area (Å²) in [5.41, 5.74) is 1.87. The predicted octanol–water partition coefficient (Wildman–Crippen LogP) is 5.04. The fourth-order valence-corrected chi connectivity index (χ4v) is 5.28. The fraction of sp³-hybridized carbons (Fsp3) is 0.536. The molecule has 2 amide bonds. The largest absolute Gasteiger partial charge is 0.385 e. The van der Waals surface area contributed by atoms with E-state index in [0.717, 1.165) is 42.4 Å². The third-order valence-corrected chi connectivity index (χ3v) is 7.22. The molecule has 0 saturated carbocycles. The van der Waals surface area contributed by atoms with E-state index in [2.05, 4.69) is 16.7 Å². The number of benzene rings is 2. The predicted molar refractivity (Wildman–Crippen MR) is 143 cm³/mol. The first-order chi connectivity index (χ1) is 16.9. The summed E-state index contributed by atoms with van der Waals surface area (Å²) >= 11 is 6.14. The Hall–Kier alpha value is -2.12. The number of likely N-dealkylation sites (tertiary alicyclic amines) is 1. The van der Waals surface area contributed by atoms with Gasteiger partial charge in [0.2, 0.25) is 0 Å². The van der Waals surface area contributed by atoms with Crippen LogP contribution in [0.2, 0.25) is 5.02 Å². The van der Waals surface area contributed by atoms with E-state index in [1.165, 1.54) is 0 Å². The maximum Gasteiger partial charge on any atom is 0.317 e. The molecule has 192 valence electrons. The number of hydrogen-bond acceptors (Lipinski definition) is 4. The third kappa shape index (κ3) is 7.20. The molecule has 3 rings (SSSR count). The molecule has 0 unspecified atom stereocenters. The molecule has 2 aromatic carbocycles. The number of nitrogens with zero attached hydrogens (tertiary/aromatic N) is 1. The zero-order chi connectivity index (χ0) is 25.3. The van der Waals surface area contributed by atoms with Crippen molar-refractivity contribution in [2.45, 2.75) is 50.7 Å². The Morgan fingerprint density at radius 1 is 1.23 bits per heavy atom. The zero-order valence-corrected chi connectivity index (χ0v) is 22.0. The average Bonchev–Trinajstić information content (AvgIpc) is 2.87. The fourth-order valence-electron chi connectivity index (χ4n) is 5.15. The summed E-state index contributed by atoms with van der Waals surface area (Å²) < 4.78 is 5.26. The van der Waals surface area contributed by atoms with E-state index in [1.807, 2.05) is 61.3 Å². The minimum Gasteiger partial charge on any atom is -0.385 e. The van der Waals surface area contributed by atoms with Crippen LogP contribution in [0.5, 0.6) is 0 Å². The Kier molecular flexibility index (Phi) is 10.4. The average molecular weight is 502 g/mol. The standard InChI is InChI=1S/C28H40ClN3O3/c1-21(19-30-2)31-27(33)32-17-8-9-23(20-32)28(34,16-6-7-18-35-3)26-11-5-4-10-25(26)22-12-14-24(29)15-13-22/h4-5,10-15,21,23,30,34H,6-9,16-20H2,1-3H3,(H,31,33)/t21-,23+,28-/m0/s1. The number of halogens is 1. The SMILES string of the molecule is CNC[C@H](C)NC(=O)N1CCC[C@@H]([C@@](O)(CCCCOC)c2ccccc2-c2ccc(Cl)cc2)C1. The summed E-state index contributed by atoms with van der Waals surface area (Å²) in [5, 5.41) is 19.3. The number of amides is 2. The molecule has 1 aliphatic rings. The lowest BCUT2D eigenvalue weighted by Crippen LogP contribution is -2.53. The van der Waals surface area contributed by atoms with Crippen molar-refractivity contribution in [2.24, 2.45) is 5.92 Å². The van der Waals surface area contributed by atoms with E-state index < -0.39 is 5.60 Å². The van der Waals surface area contributed by atoms with Crippen LogP contribution in [0.4, 0.5) is 4.79 Å². The lowest BCUT2D eigenvalue weighted by Gasteiger charge is -2.43. The molecule has 0 bridgehead atoms. The summed E-state index contributed by atoms with van der Waals surface area (Å²) in [5.74, 6) is -0.0717. The van der Waals surface area contributed by atoms with Gasteiger partial charge in [-0.05, 0) is 74.9 Å². The summed E-state index contributed by atoms with van der Waals surface area (Å²) in [6.45, 7) is 4.59. The van der Waals surface area contributed by atoms with E-state index >= 15 is 0 Å². The van der Waals surface area contributed by atoms with Crippen molar-refractivity contribution >= 4 is 17.6 Å². The van der Waals surface area contributed by atoms with Gasteiger partial charge in [0.05, 0.1) is 5.60 Å². The molecular formula is C28H40ClN3O3. The number of aliphatic hydroxyl groups is 1. The van der Waals surface area contributed by atoms with Gasteiger partial charge in [-0.2, -0.15) is 0 Å². The molecule has 35 heavy (non-hydrogen) atoms. The molecule has 1 saturated heterocycles. The van der Waals surface area contributed by atoms with Gasteiger partial charge >= 0.3 is 6.03 Å². The molecule has 3 N–H and O–H groups in total. The van der Waals surface area contributed by atoms with Crippen LogP contribution in [0, 0.1) is 5.92 Å². The van der Waals surface area contributed by atoms with Gasteiger partial charge in [0.15, 0.2) is 0 Å². The van der Waals surface area contributed by atoms with Gasteiger partial charge in [-0.15, -0.1) is 0 Å². The molecule has 1 fully saturated rings. The molecule has 0 radical (unpaired) electrons. The first-order valence-corrected chi connectivity index (χ1v) is 13.0. The highest BCUT2D eigenvalue weighted by Gasteiger charge is 2.42. The Balaban J connectivity index is 1.91. The summed E-state index contributed by atoms with van der Waals surface area (Å²) in [6.07, 6.45) is 4.05. The molecule has 3 atom stereocenters. The minimum atomic E-state index is -1.07. The number of carbonyl (C=O) groups is 1. The highest BCUT2D eigenvalue weighted by Crippen LogP contribution is 2.43. The minimum absolute atomic E-state index is 0.0337. The lowest BCUT2D eigenvalue weighted by molar-refractivity contribution is -0.0559. The number of urea groups is 1. The number of rotatable bonds is 11. The monoisotopic (exact) mass is 501 g/mol. The van der Waals surface area contributed by atoms with E-state index in [1.54, 1.807) is 7.11 Å². The van der Waals surface area contributed by atoms with Crippen LogP contribution in [-0.4, -0.2) is 62.5 Å². The zero-order valence-electron chi connectivity index (χ0n) is 21.2. The number of methoxy groups -OCH3 is 1. The number of unbranched alkanes of at least 4 members (excludes halogenated alkanes) is 1. The van der Waals surface area contributed by atoms with Crippen LogP contribution >= 0.6 is 11.6 Å². The van der Waals surface area contributed by atoms with Crippen molar-refractivity contribution in [1.29, 1.82) is 0 Å². The Morgan fingerprint density at radius 3 is 2.69 bits per heavy atom. The van der Waals surface area contributed by atoms with Crippen LogP contribution in [0.1, 0.15) is 44.6 Å². The highest BCUT2D eigenvalue weighted by atomic mass is 35.5. The van der Waals surface area contributed by atoms with Crippen LogP contribution < -0.4 is 10.6 Å². The van der Waals surface area contributed by atoms with Crippen LogP contribution in [0.25, 0.3) is 11.1 Å². The van der Waals surface area contributed by atoms with Gasteiger partial charge in [0.1, 0.15) is 0 Å². The lowest BCUT2D eigenvalue weighted by atomic mass is 9.72. The van der Waals surface area contributed by atoms with Crippen LogP contribution in [0.15, 0.2) is 48.5 Å². The van der Waals surface area contributed by atoms with Crippen LogP contribution in [-0.2, 0) is 10.3 Å². The maximum absolute atomic E-state index is 13.0. The maximum atomic E-state index is 13.0. The molecule has 0 aromatic heterocycles. The van der Waals surface area contributed by atoms with Gasteiger partial charge in [-0.1, -0.05) is 48.0 Å². The number of piperidine rings is 1. The second kappa shape index (κ2) is 13.3. The molecular weight excluding hydrogens is 462 g/mol. The number of likely N-dealkylation sites (N-methyl/N-ethyl adjacent to an activating group) is 1. The number of ether oxygens (including phenoxy) is 1. The van der Waals surface area contributed by atoms with E-state index in [-0.39, 0.29) is 18.0 Å². The van der Waals surface area contributed by atoms with Gasteiger partial charge in [0.25, 0.3) is 0 Å². The van der Waals surface area contributed by atoms with Gasteiger partial charge < -0.3 is 25.4 Å². The summed E-state index contributed by atoms with van der Waals surface area (Å²) in [4.78, 5) is 14.9. The molecule has 7 heteroatoms. The first-order valence-electron chi connectivity index (χ1n) is 12.7. The number of hydrogen-bond donors (Lipinski definition) is 3. The highest BCUT2D eigenvalue weighted by molar-refractivity contribution is 6.30. The van der Waals surface area contributed by atoms with E-state index in [9.17, 15) is 9.90 Å². The van der Waals surface area contributed by atoms with E-state index in [0.29, 0.717) is 37.7 Å².